The Balaban J connectivity index is 1.81. The molecule has 3 aromatic rings. The number of carbonyl (C=O) groups excluding carboxylic acids is 2. The highest BCUT2D eigenvalue weighted by molar-refractivity contribution is 6.31. The second-order valence-corrected chi connectivity index (χ2v) is 6.55. The van der Waals surface area contributed by atoms with Gasteiger partial charge in [0.2, 0.25) is 11.8 Å². The van der Waals surface area contributed by atoms with Crippen LogP contribution in [0.3, 0.4) is 0 Å². The maximum Gasteiger partial charge on any atom is 0.229 e. The number of benzene rings is 2. The highest BCUT2D eigenvalue weighted by atomic mass is 35.5. The predicted molar refractivity (Wildman–Crippen MR) is 107 cm³/mol. The summed E-state index contributed by atoms with van der Waals surface area (Å²) in [5, 5.41) is 2.57. The minimum atomic E-state index is -0.598. The molecule has 0 bridgehead atoms. The third kappa shape index (κ3) is 4.94. The number of aromatic nitrogens is 1. The van der Waals surface area contributed by atoms with Crippen LogP contribution in [0.2, 0.25) is 5.02 Å². The quantitative estimate of drug-likeness (QED) is 0.646. The van der Waals surface area contributed by atoms with E-state index in [0.717, 1.165) is 0 Å². The van der Waals surface area contributed by atoms with Crippen molar-refractivity contribution in [1.29, 1.82) is 0 Å². The SMILES string of the molecule is CC(=O)N(c1ccc(F)cc1)c1cc(NC(=O)Cc2cccc(F)c2Cl)ccn1. The first-order valence-corrected chi connectivity index (χ1v) is 8.98. The maximum atomic E-state index is 13.5. The molecule has 0 fully saturated rings. The summed E-state index contributed by atoms with van der Waals surface area (Å²) in [5.74, 6) is -1.52. The van der Waals surface area contributed by atoms with Crippen LogP contribution in [0.4, 0.5) is 26.0 Å². The summed E-state index contributed by atoms with van der Waals surface area (Å²) >= 11 is 5.89. The first kappa shape index (κ1) is 20.4. The molecule has 0 spiro atoms. The molecule has 1 aromatic heterocycles. The molecule has 8 heteroatoms. The molecule has 1 N–H and O–H groups in total. The normalized spacial score (nSPS) is 10.5. The number of carbonyl (C=O) groups is 2. The lowest BCUT2D eigenvalue weighted by atomic mass is 10.1. The van der Waals surface area contributed by atoms with Gasteiger partial charge in [0.15, 0.2) is 0 Å². The van der Waals surface area contributed by atoms with Crippen molar-refractivity contribution in [1.82, 2.24) is 4.98 Å². The highest BCUT2D eigenvalue weighted by Crippen LogP contribution is 2.26. The number of rotatable bonds is 5. The van der Waals surface area contributed by atoms with Crippen molar-refractivity contribution < 1.29 is 18.4 Å². The molecule has 0 aliphatic rings. The molecule has 148 valence electrons. The molecule has 0 aliphatic heterocycles. The van der Waals surface area contributed by atoms with Crippen LogP contribution in [0, 0.1) is 11.6 Å². The van der Waals surface area contributed by atoms with Crippen molar-refractivity contribution in [3.8, 4) is 0 Å². The monoisotopic (exact) mass is 415 g/mol. The van der Waals surface area contributed by atoms with Gasteiger partial charge in [-0.2, -0.15) is 0 Å². The van der Waals surface area contributed by atoms with Crippen molar-refractivity contribution in [2.75, 3.05) is 10.2 Å². The Morgan fingerprint density at radius 2 is 1.83 bits per heavy atom. The van der Waals surface area contributed by atoms with Gasteiger partial charge in [-0.25, -0.2) is 13.8 Å². The summed E-state index contributed by atoms with van der Waals surface area (Å²) in [6, 6.07) is 12.7. The van der Waals surface area contributed by atoms with E-state index < -0.39 is 17.5 Å². The highest BCUT2D eigenvalue weighted by Gasteiger charge is 2.17. The number of amides is 2. The molecule has 0 atom stereocenters. The van der Waals surface area contributed by atoms with Crippen molar-refractivity contribution >= 4 is 40.6 Å². The zero-order valence-corrected chi connectivity index (χ0v) is 16.1. The third-order valence-corrected chi connectivity index (χ3v) is 4.46. The average Bonchev–Trinajstić information content (AvgIpc) is 2.67. The Hall–Kier alpha value is -3.32. The van der Waals surface area contributed by atoms with Crippen LogP contribution in [-0.4, -0.2) is 16.8 Å². The zero-order valence-electron chi connectivity index (χ0n) is 15.3. The Kier molecular flexibility index (Phi) is 6.19. The van der Waals surface area contributed by atoms with E-state index in [1.807, 2.05) is 0 Å². The topological polar surface area (TPSA) is 62.3 Å². The third-order valence-electron chi connectivity index (χ3n) is 4.04. The van der Waals surface area contributed by atoms with Gasteiger partial charge in [0.1, 0.15) is 17.5 Å². The minimum absolute atomic E-state index is 0.0999. The van der Waals surface area contributed by atoms with E-state index in [1.54, 1.807) is 12.1 Å². The number of hydrogen-bond donors (Lipinski definition) is 1. The fourth-order valence-corrected chi connectivity index (χ4v) is 2.94. The van der Waals surface area contributed by atoms with Gasteiger partial charge in [-0.3, -0.25) is 14.5 Å². The molecule has 1 heterocycles. The standard InChI is InChI=1S/C21H16ClF2N3O2/c1-13(28)27(17-7-5-15(23)6-8-17)19-12-16(9-10-25-19)26-20(29)11-14-3-2-4-18(24)21(14)22/h2-10,12H,11H2,1H3,(H,25,26,29). The van der Waals surface area contributed by atoms with Gasteiger partial charge >= 0.3 is 0 Å². The van der Waals surface area contributed by atoms with Crippen molar-refractivity contribution in [3.63, 3.8) is 0 Å². The first-order valence-electron chi connectivity index (χ1n) is 8.60. The van der Waals surface area contributed by atoms with E-state index in [4.69, 9.17) is 11.6 Å². The number of nitrogens with zero attached hydrogens (tertiary/aromatic N) is 2. The summed E-state index contributed by atoms with van der Waals surface area (Å²) in [5.41, 5.74) is 1.18. The van der Waals surface area contributed by atoms with Crippen LogP contribution in [0.1, 0.15) is 12.5 Å². The molecule has 5 nitrogen and oxygen atoms in total. The molecule has 29 heavy (non-hydrogen) atoms. The zero-order chi connectivity index (χ0) is 21.0. The van der Waals surface area contributed by atoms with E-state index in [-0.39, 0.29) is 23.2 Å². The molecule has 0 radical (unpaired) electrons. The molecule has 3 rings (SSSR count). The van der Waals surface area contributed by atoms with Crippen LogP contribution in [-0.2, 0) is 16.0 Å². The van der Waals surface area contributed by atoms with Crippen LogP contribution in [0.15, 0.2) is 60.8 Å². The summed E-state index contributed by atoms with van der Waals surface area (Å²) in [7, 11) is 0. The lowest BCUT2D eigenvalue weighted by Gasteiger charge is -2.20. The van der Waals surface area contributed by atoms with Gasteiger partial charge in [-0.1, -0.05) is 23.7 Å². The number of pyridine rings is 1. The van der Waals surface area contributed by atoms with Gasteiger partial charge in [0.25, 0.3) is 0 Å². The Labute approximate surface area is 170 Å². The number of nitrogens with one attached hydrogen (secondary N) is 1. The molecule has 0 aliphatic carbocycles. The van der Waals surface area contributed by atoms with Gasteiger partial charge in [0, 0.05) is 24.9 Å². The predicted octanol–water partition coefficient (Wildman–Crippen LogP) is 4.88. The lowest BCUT2D eigenvalue weighted by Crippen LogP contribution is -2.24. The van der Waals surface area contributed by atoms with Gasteiger partial charge in [-0.15, -0.1) is 0 Å². The number of anilines is 3. The number of halogens is 3. The average molecular weight is 416 g/mol. The Morgan fingerprint density at radius 1 is 1.10 bits per heavy atom. The minimum Gasteiger partial charge on any atom is -0.326 e. The summed E-state index contributed by atoms with van der Waals surface area (Å²) in [6.45, 7) is 1.35. The van der Waals surface area contributed by atoms with Crippen LogP contribution < -0.4 is 10.2 Å². The summed E-state index contributed by atoms with van der Waals surface area (Å²) < 4.78 is 26.7. The molecule has 0 unspecified atom stereocenters. The van der Waals surface area contributed by atoms with Gasteiger partial charge < -0.3 is 5.32 Å². The van der Waals surface area contributed by atoms with Crippen molar-refractivity contribution in [3.05, 3.63) is 83.0 Å². The van der Waals surface area contributed by atoms with Gasteiger partial charge in [-0.05, 0) is 42.0 Å². The van der Waals surface area contributed by atoms with Crippen molar-refractivity contribution in [2.45, 2.75) is 13.3 Å². The molecule has 0 saturated heterocycles. The second-order valence-electron chi connectivity index (χ2n) is 6.17. The lowest BCUT2D eigenvalue weighted by molar-refractivity contribution is -0.116. The first-order chi connectivity index (χ1) is 13.8. The fraction of sp³-hybridized carbons (Fsp3) is 0.0952. The van der Waals surface area contributed by atoms with E-state index in [2.05, 4.69) is 10.3 Å². The van der Waals surface area contributed by atoms with E-state index in [1.165, 1.54) is 60.5 Å². The largest absolute Gasteiger partial charge is 0.326 e. The molecule has 2 amide bonds. The molecular weight excluding hydrogens is 400 g/mol. The molecule has 2 aromatic carbocycles. The Bertz CT molecular complexity index is 1060. The van der Waals surface area contributed by atoms with Crippen LogP contribution in [0.5, 0.6) is 0 Å². The smallest absolute Gasteiger partial charge is 0.229 e. The summed E-state index contributed by atoms with van der Waals surface area (Å²) in [4.78, 5) is 29.9. The van der Waals surface area contributed by atoms with E-state index in [0.29, 0.717) is 16.9 Å². The van der Waals surface area contributed by atoms with Crippen LogP contribution in [0.25, 0.3) is 0 Å². The Morgan fingerprint density at radius 3 is 2.52 bits per heavy atom. The number of hydrogen-bond acceptors (Lipinski definition) is 3. The second kappa shape index (κ2) is 8.79. The van der Waals surface area contributed by atoms with Gasteiger partial charge in [0.05, 0.1) is 17.1 Å². The molecular formula is C21H16ClF2N3O2. The molecule has 0 saturated carbocycles. The van der Waals surface area contributed by atoms with Crippen molar-refractivity contribution in [2.24, 2.45) is 0 Å². The fourth-order valence-electron chi connectivity index (χ4n) is 2.75. The van der Waals surface area contributed by atoms with E-state index >= 15 is 0 Å². The van der Waals surface area contributed by atoms with Crippen LogP contribution >= 0.6 is 11.6 Å². The maximum absolute atomic E-state index is 13.5. The summed E-state index contributed by atoms with van der Waals surface area (Å²) in [6.07, 6.45) is 1.31. The van der Waals surface area contributed by atoms with E-state index in [9.17, 15) is 18.4 Å².